The number of sulfonamides is 1. The summed E-state index contributed by atoms with van der Waals surface area (Å²) in [6.45, 7) is 1.97. The second kappa shape index (κ2) is 10.3. The number of para-hydroxylation sites is 2. The normalized spacial score (nSPS) is 17.9. The van der Waals surface area contributed by atoms with E-state index in [1.54, 1.807) is 36.4 Å². The highest BCUT2D eigenvalue weighted by atomic mass is 32.2. The van der Waals surface area contributed by atoms with Gasteiger partial charge < -0.3 is 10.1 Å². The number of benzene rings is 3. The molecule has 2 atom stereocenters. The molecule has 3 aromatic carbocycles. The van der Waals surface area contributed by atoms with Crippen molar-refractivity contribution in [2.75, 3.05) is 10.8 Å². The quantitative estimate of drug-likeness (QED) is 0.495. The summed E-state index contributed by atoms with van der Waals surface area (Å²) in [5.41, 5.74) is 5.00. The number of amides is 1. The van der Waals surface area contributed by atoms with Gasteiger partial charge in [0.2, 0.25) is 10.0 Å². The van der Waals surface area contributed by atoms with Gasteiger partial charge in [0.05, 0.1) is 24.0 Å². The second-order valence-electron chi connectivity index (χ2n) is 9.55. The Kier molecular flexibility index (Phi) is 7.01. The van der Waals surface area contributed by atoms with Crippen LogP contribution in [0.4, 0.5) is 5.69 Å². The average molecular weight is 505 g/mol. The zero-order chi connectivity index (χ0) is 25.1. The Morgan fingerprint density at radius 1 is 1.00 bits per heavy atom. The van der Waals surface area contributed by atoms with Gasteiger partial charge in [-0.3, -0.25) is 9.10 Å². The Labute approximate surface area is 213 Å². The average Bonchev–Trinajstić information content (AvgIpc) is 2.91. The van der Waals surface area contributed by atoms with Crippen LogP contribution in [-0.2, 0) is 33.4 Å². The molecule has 5 rings (SSSR count). The summed E-state index contributed by atoms with van der Waals surface area (Å²) < 4.78 is 34.3. The molecule has 7 heteroatoms. The van der Waals surface area contributed by atoms with E-state index in [9.17, 15) is 13.2 Å². The fourth-order valence-electron chi connectivity index (χ4n) is 5.12. The first-order chi connectivity index (χ1) is 17.4. The second-order valence-corrected chi connectivity index (χ2v) is 11.4. The maximum atomic E-state index is 13.5. The Morgan fingerprint density at radius 3 is 2.50 bits per heavy atom. The van der Waals surface area contributed by atoms with Crippen molar-refractivity contribution in [3.05, 3.63) is 95.1 Å². The van der Waals surface area contributed by atoms with E-state index in [2.05, 4.69) is 23.5 Å². The topological polar surface area (TPSA) is 75.7 Å². The molecule has 1 heterocycles. The van der Waals surface area contributed by atoms with Gasteiger partial charge in [-0.2, -0.15) is 0 Å². The monoisotopic (exact) mass is 504 g/mol. The third kappa shape index (κ3) is 5.12. The summed E-state index contributed by atoms with van der Waals surface area (Å²) in [4.78, 5) is 13.4. The molecular weight excluding hydrogens is 472 g/mol. The highest BCUT2D eigenvalue weighted by molar-refractivity contribution is 7.92. The number of fused-ring (bicyclic) bond motifs is 2. The highest BCUT2D eigenvalue weighted by Gasteiger charge is 2.37. The number of nitrogens with zero attached hydrogens (tertiary/aromatic N) is 1. The van der Waals surface area contributed by atoms with Gasteiger partial charge in [0.15, 0.2) is 6.10 Å². The molecule has 3 aromatic rings. The maximum absolute atomic E-state index is 13.5. The molecule has 36 heavy (non-hydrogen) atoms. The first kappa shape index (κ1) is 24.4. The van der Waals surface area contributed by atoms with Crippen LogP contribution in [0, 0.1) is 0 Å². The van der Waals surface area contributed by atoms with Crippen molar-refractivity contribution in [3.8, 4) is 5.75 Å². The molecule has 0 bridgehead atoms. The van der Waals surface area contributed by atoms with Gasteiger partial charge in [-0.25, -0.2) is 8.42 Å². The fourth-order valence-corrected chi connectivity index (χ4v) is 6.70. The fraction of sp³-hybridized carbons (Fsp3) is 0.345. The number of aryl methyl sites for hydroxylation is 2. The molecule has 0 saturated heterocycles. The summed E-state index contributed by atoms with van der Waals surface area (Å²) in [6.07, 6.45) is 4.39. The maximum Gasteiger partial charge on any atom is 0.263 e. The number of carbonyl (C=O) groups is 1. The van der Waals surface area contributed by atoms with E-state index in [0.29, 0.717) is 17.0 Å². The van der Waals surface area contributed by atoms with Crippen molar-refractivity contribution in [1.29, 1.82) is 0 Å². The Hall–Kier alpha value is -3.32. The SMILES string of the molecule is CC[C@H](NC(=O)[C@H]1CN(S(=O)(=O)Cc2ccccc2)c2ccccc2O1)c1ccc2c(c1)CCCC2. The van der Waals surface area contributed by atoms with E-state index in [4.69, 9.17) is 4.74 Å². The molecule has 6 nitrogen and oxygen atoms in total. The van der Waals surface area contributed by atoms with Crippen LogP contribution in [-0.4, -0.2) is 27.0 Å². The molecule has 1 aliphatic heterocycles. The van der Waals surface area contributed by atoms with E-state index >= 15 is 0 Å². The van der Waals surface area contributed by atoms with Gasteiger partial charge in [0.25, 0.3) is 5.91 Å². The highest BCUT2D eigenvalue weighted by Crippen LogP contribution is 2.36. The number of anilines is 1. The molecule has 0 radical (unpaired) electrons. The molecule has 0 saturated carbocycles. The Morgan fingerprint density at radius 2 is 1.72 bits per heavy atom. The largest absolute Gasteiger partial charge is 0.476 e. The molecule has 2 aliphatic rings. The van der Waals surface area contributed by atoms with Crippen LogP contribution in [0.3, 0.4) is 0 Å². The zero-order valence-corrected chi connectivity index (χ0v) is 21.3. The molecule has 0 unspecified atom stereocenters. The molecule has 0 aromatic heterocycles. The third-order valence-electron chi connectivity index (χ3n) is 7.05. The van der Waals surface area contributed by atoms with Crippen LogP contribution in [0.1, 0.15) is 54.5 Å². The van der Waals surface area contributed by atoms with Crippen LogP contribution < -0.4 is 14.4 Å². The Balaban J connectivity index is 1.37. The van der Waals surface area contributed by atoms with E-state index < -0.39 is 16.1 Å². The van der Waals surface area contributed by atoms with E-state index in [1.807, 2.05) is 25.1 Å². The van der Waals surface area contributed by atoms with Crippen molar-refractivity contribution < 1.29 is 17.9 Å². The van der Waals surface area contributed by atoms with Gasteiger partial charge >= 0.3 is 0 Å². The van der Waals surface area contributed by atoms with Crippen LogP contribution in [0.5, 0.6) is 5.75 Å². The Bertz CT molecular complexity index is 1340. The number of rotatable bonds is 7. The van der Waals surface area contributed by atoms with Crippen molar-refractivity contribution >= 4 is 21.6 Å². The molecule has 0 spiro atoms. The summed E-state index contributed by atoms with van der Waals surface area (Å²) in [6, 6.07) is 22.4. The number of nitrogens with one attached hydrogen (secondary N) is 1. The number of hydrogen-bond donors (Lipinski definition) is 1. The number of hydrogen-bond acceptors (Lipinski definition) is 4. The molecule has 1 amide bonds. The predicted octanol–water partition coefficient (Wildman–Crippen LogP) is 4.93. The number of ether oxygens (including phenoxy) is 1. The molecule has 188 valence electrons. The van der Waals surface area contributed by atoms with Gasteiger partial charge in [0.1, 0.15) is 5.75 Å². The van der Waals surface area contributed by atoms with Gasteiger partial charge in [-0.1, -0.05) is 67.6 Å². The molecular formula is C29H32N2O4S. The zero-order valence-electron chi connectivity index (χ0n) is 20.5. The van der Waals surface area contributed by atoms with Crippen LogP contribution >= 0.6 is 0 Å². The van der Waals surface area contributed by atoms with Crippen molar-refractivity contribution in [2.45, 2.75) is 56.9 Å². The lowest BCUT2D eigenvalue weighted by Gasteiger charge is -2.35. The first-order valence-corrected chi connectivity index (χ1v) is 14.3. The smallest absolute Gasteiger partial charge is 0.263 e. The van der Waals surface area contributed by atoms with Crippen molar-refractivity contribution in [1.82, 2.24) is 5.32 Å². The summed E-state index contributed by atoms with van der Waals surface area (Å²) in [7, 11) is -3.74. The minimum atomic E-state index is -3.74. The number of carbonyl (C=O) groups excluding carboxylic acids is 1. The van der Waals surface area contributed by atoms with Crippen LogP contribution in [0.25, 0.3) is 0 Å². The minimum absolute atomic E-state index is 0.0708. The van der Waals surface area contributed by atoms with E-state index in [0.717, 1.165) is 24.8 Å². The lowest BCUT2D eigenvalue weighted by atomic mass is 9.88. The van der Waals surface area contributed by atoms with E-state index in [1.165, 1.54) is 28.3 Å². The van der Waals surface area contributed by atoms with Crippen molar-refractivity contribution in [3.63, 3.8) is 0 Å². The third-order valence-corrected chi connectivity index (χ3v) is 8.77. The van der Waals surface area contributed by atoms with Crippen LogP contribution in [0.15, 0.2) is 72.8 Å². The molecule has 1 aliphatic carbocycles. The lowest BCUT2D eigenvalue weighted by molar-refractivity contribution is -0.128. The summed E-state index contributed by atoms with van der Waals surface area (Å²) in [5.74, 6) is -0.0696. The van der Waals surface area contributed by atoms with Gasteiger partial charge in [0, 0.05) is 0 Å². The molecule has 1 N–H and O–H groups in total. The first-order valence-electron chi connectivity index (χ1n) is 12.7. The lowest BCUT2D eigenvalue weighted by Crippen LogP contribution is -2.51. The summed E-state index contributed by atoms with van der Waals surface area (Å²) >= 11 is 0. The molecule has 0 fully saturated rings. The van der Waals surface area contributed by atoms with Crippen LogP contribution in [0.2, 0.25) is 0 Å². The van der Waals surface area contributed by atoms with Gasteiger partial charge in [-0.15, -0.1) is 0 Å². The summed E-state index contributed by atoms with van der Waals surface area (Å²) in [5, 5.41) is 3.13. The standard InChI is InChI=1S/C29H32N2O4S/c1-2-25(24-17-16-22-12-6-7-13-23(22)18-24)30-29(32)28-19-31(26-14-8-9-15-27(26)35-28)36(33,34)20-21-10-4-3-5-11-21/h3-5,8-11,14-18,25,28H,2,6-7,12-13,19-20H2,1H3,(H,30,32)/t25-,28+/m0/s1. The van der Waals surface area contributed by atoms with E-state index in [-0.39, 0.29) is 24.2 Å². The van der Waals surface area contributed by atoms with Gasteiger partial charge in [-0.05, 0) is 66.5 Å². The van der Waals surface area contributed by atoms with Crippen molar-refractivity contribution in [2.24, 2.45) is 0 Å². The predicted molar refractivity (Wildman–Crippen MR) is 142 cm³/mol. The minimum Gasteiger partial charge on any atom is -0.476 e.